The molecule has 1 atom stereocenters. The lowest BCUT2D eigenvalue weighted by Gasteiger charge is -2.24. The molecule has 1 fully saturated rings. The van der Waals surface area contributed by atoms with Crippen LogP contribution < -0.4 is 10.2 Å². The molecule has 1 aromatic rings. The Hall–Kier alpha value is -1.42. The van der Waals surface area contributed by atoms with Crippen LogP contribution in [0, 0.1) is 5.82 Å². The van der Waals surface area contributed by atoms with Crippen LogP contribution in [0.5, 0.6) is 0 Å². The monoisotopic (exact) mass is 220 g/mol. The minimum atomic E-state index is -0.266. The maximum absolute atomic E-state index is 13.1. The molecule has 16 heavy (non-hydrogen) atoms. The Morgan fingerprint density at radius 2 is 2.31 bits per heavy atom. The van der Waals surface area contributed by atoms with Crippen LogP contribution in [0.4, 0.5) is 10.1 Å². The zero-order chi connectivity index (χ0) is 11.1. The quantitative estimate of drug-likeness (QED) is 0.768. The number of fused-ring (bicyclic) bond motifs is 1. The van der Waals surface area contributed by atoms with E-state index in [1.54, 1.807) is 6.07 Å². The summed E-state index contributed by atoms with van der Waals surface area (Å²) in [6, 6.07) is 4.84. The van der Waals surface area contributed by atoms with Gasteiger partial charge in [0.1, 0.15) is 5.82 Å². The van der Waals surface area contributed by atoms with Gasteiger partial charge in [-0.2, -0.15) is 0 Å². The summed E-state index contributed by atoms with van der Waals surface area (Å²) in [7, 11) is 0. The second-order valence-electron chi connectivity index (χ2n) is 4.36. The van der Waals surface area contributed by atoms with Crippen LogP contribution in [-0.4, -0.2) is 25.0 Å². The van der Waals surface area contributed by atoms with E-state index >= 15 is 0 Å². The molecular weight excluding hydrogens is 207 g/mol. The number of carbonyl (C=O) groups excluding carboxylic acids is 1. The largest absolute Gasteiger partial charge is 0.315 e. The molecule has 2 aliphatic heterocycles. The Labute approximate surface area is 93.2 Å². The Morgan fingerprint density at radius 3 is 3.06 bits per heavy atom. The van der Waals surface area contributed by atoms with Crippen LogP contribution in [0.2, 0.25) is 0 Å². The molecule has 0 aliphatic carbocycles. The first kappa shape index (κ1) is 9.78. The van der Waals surface area contributed by atoms with E-state index in [2.05, 4.69) is 5.32 Å². The van der Waals surface area contributed by atoms with Crippen molar-refractivity contribution in [2.45, 2.75) is 18.9 Å². The van der Waals surface area contributed by atoms with Crippen molar-refractivity contribution in [2.24, 2.45) is 0 Å². The van der Waals surface area contributed by atoms with Crippen LogP contribution >= 0.6 is 0 Å². The van der Waals surface area contributed by atoms with Crippen molar-refractivity contribution >= 4 is 11.6 Å². The van der Waals surface area contributed by atoms with E-state index in [1.807, 2.05) is 4.90 Å². The standard InChI is InChI=1S/C12H13FN2O/c13-9-1-2-11-8(5-9)6-12(16)15(11)10-3-4-14-7-10/h1-2,5,10,14H,3-4,6-7H2. The van der Waals surface area contributed by atoms with Crippen molar-refractivity contribution in [3.63, 3.8) is 0 Å². The normalized spacial score (nSPS) is 23.9. The summed E-state index contributed by atoms with van der Waals surface area (Å²) >= 11 is 0. The molecule has 1 aromatic carbocycles. The van der Waals surface area contributed by atoms with Gasteiger partial charge < -0.3 is 10.2 Å². The van der Waals surface area contributed by atoms with Gasteiger partial charge in [0.25, 0.3) is 0 Å². The number of rotatable bonds is 1. The predicted octanol–water partition coefficient (Wildman–Crippen LogP) is 1.08. The smallest absolute Gasteiger partial charge is 0.231 e. The zero-order valence-electron chi connectivity index (χ0n) is 8.87. The third kappa shape index (κ3) is 1.41. The highest BCUT2D eigenvalue weighted by Gasteiger charge is 2.34. The number of amides is 1. The van der Waals surface area contributed by atoms with Crippen LogP contribution in [0.15, 0.2) is 18.2 Å². The number of halogens is 1. The number of hydrogen-bond donors (Lipinski definition) is 1. The van der Waals surface area contributed by atoms with Crippen LogP contribution in [0.3, 0.4) is 0 Å². The fraction of sp³-hybridized carbons (Fsp3) is 0.417. The minimum absolute atomic E-state index is 0.0919. The van der Waals surface area contributed by atoms with Crippen LogP contribution in [-0.2, 0) is 11.2 Å². The van der Waals surface area contributed by atoms with E-state index in [1.165, 1.54) is 12.1 Å². The first-order chi connectivity index (χ1) is 7.75. The van der Waals surface area contributed by atoms with Gasteiger partial charge in [-0.05, 0) is 36.7 Å². The summed E-state index contributed by atoms with van der Waals surface area (Å²) in [5.74, 6) is -0.174. The molecule has 1 saturated heterocycles. The van der Waals surface area contributed by atoms with Gasteiger partial charge in [0, 0.05) is 12.2 Å². The topological polar surface area (TPSA) is 32.3 Å². The molecule has 1 amide bonds. The van der Waals surface area contributed by atoms with Gasteiger partial charge in [-0.25, -0.2) is 4.39 Å². The van der Waals surface area contributed by atoms with Crippen molar-refractivity contribution in [3.8, 4) is 0 Å². The summed E-state index contributed by atoms with van der Waals surface area (Å²) in [4.78, 5) is 13.7. The first-order valence-electron chi connectivity index (χ1n) is 5.57. The Bertz CT molecular complexity index is 441. The molecule has 3 nitrogen and oxygen atoms in total. The van der Waals surface area contributed by atoms with E-state index < -0.39 is 0 Å². The molecule has 84 valence electrons. The van der Waals surface area contributed by atoms with Crippen molar-refractivity contribution in [1.29, 1.82) is 0 Å². The SMILES string of the molecule is O=C1Cc2cc(F)ccc2N1C1CCNC1. The average molecular weight is 220 g/mol. The second kappa shape index (κ2) is 3.56. The lowest BCUT2D eigenvalue weighted by atomic mass is 10.1. The molecule has 3 rings (SSSR count). The summed E-state index contributed by atoms with van der Waals surface area (Å²) in [5.41, 5.74) is 1.71. The summed E-state index contributed by atoms with van der Waals surface area (Å²) < 4.78 is 13.1. The average Bonchev–Trinajstić information content (AvgIpc) is 2.83. The fourth-order valence-corrected chi connectivity index (χ4v) is 2.57. The molecular formula is C12H13FN2O. The highest BCUT2D eigenvalue weighted by molar-refractivity contribution is 6.01. The molecule has 1 N–H and O–H groups in total. The first-order valence-corrected chi connectivity index (χ1v) is 5.57. The van der Waals surface area contributed by atoms with Crippen LogP contribution in [0.1, 0.15) is 12.0 Å². The number of nitrogens with zero attached hydrogens (tertiary/aromatic N) is 1. The van der Waals surface area contributed by atoms with Gasteiger partial charge in [0.2, 0.25) is 5.91 Å². The Kier molecular flexibility index (Phi) is 2.17. The number of anilines is 1. The van der Waals surface area contributed by atoms with Gasteiger partial charge in [-0.3, -0.25) is 4.79 Å². The van der Waals surface area contributed by atoms with E-state index in [9.17, 15) is 9.18 Å². The van der Waals surface area contributed by atoms with Crippen molar-refractivity contribution in [1.82, 2.24) is 5.32 Å². The molecule has 0 saturated carbocycles. The summed E-state index contributed by atoms with van der Waals surface area (Å²) in [6.07, 6.45) is 1.31. The highest BCUT2D eigenvalue weighted by Crippen LogP contribution is 2.32. The van der Waals surface area contributed by atoms with Gasteiger partial charge in [0.05, 0.1) is 12.5 Å². The van der Waals surface area contributed by atoms with Crippen molar-refractivity contribution < 1.29 is 9.18 Å². The molecule has 2 aliphatic rings. The molecule has 0 radical (unpaired) electrons. The van der Waals surface area contributed by atoms with Gasteiger partial charge in [-0.1, -0.05) is 0 Å². The van der Waals surface area contributed by atoms with Crippen LogP contribution in [0.25, 0.3) is 0 Å². The predicted molar refractivity (Wildman–Crippen MR) is 58.9 cm³/mol. The highest BCUT2D eigenvalue weighted by atomic mass is 19.1. The molecule has 0 spiro atoms. The van der Waals surface area contributed by atoms with E-state index in [-0.39, 0.29) is 17.8 Å². The number of hydrogen-bond acceptors (Lipinski definition) is 2. The Balaban J connectivity index is 1.98. The number of carbonyl (C=O) groups is 1. The van der Waals surface area contributed by atoms with Gasteiger partial charge in [-0.15, -0.1) is 0 Å². The summed E-state index contributed by atoms with van der Waals surface area (Å²) in [6.45, 7) is 1.79. The third-order valence-corrected chi connectivity index (χ3v) is 3.31. The maximum Gasteiger partial charge on any atom is 0.231 e. The van der Waals surface area contributed by atoms with E-state index in [4.69, 9.17) is 0 Å². The zero-order valence-corrected chi connectivity index (χ0v) is 8.87. The fourth-order valence-electron chi connectivity index (χ4n) is 2.57. The van der Waals surface area contributed by atoms with E-state index in [0.717, 1.165) is 30.8 Å². The van der Waals surface area contributed by atoms with Crippen molar-refractivity contribution in [2.75, 3.05) is 18.0 Å². The minimum Gasteiger partial charge on any atom is -0.315 e. The lowest BCUT2D eigenvalue weighted by molar-refractivity contribution is -0.117. The number of nitrogens with one attached hydrogen (secondary N) is 1. The Morgan fingerprint density at radius 1 is 1.44 bits per heavy atom. The number of benzene rings is 1. The van der Waals surface area contributed by atoms with E-state index in [0.29, 0.717) is 6.42 Å². The molecule has 4 heteroatoms. The van der Waals surface area contributed by atoms with Gasteiger partial charge in [0.15, 0.2) is 0 Å². The van der Waals surface area contributed by atoms with Gasteiger partial charge >= 0.3 is 0 Å². The van der Waals surface area contributed by atoms with Crippen molar-refractivity contribution in [3.05, 3.63) is 29.6 Å². The maximum atomic E-state index is 13.1. The summed E-state index contributed by atoms with van der Waals surface area (Å²) in [5, 5.41) is 3.24. The molecule has 0 bridgehead atoms. The molecule has 0 aromatic heterocycles. The lowest BCUT2D eigenvalue weighted by Crippen LogP contribution is -2.39. The second-order valence-corrected chi connectivity index (χ2v) is 4.36. The third-order valence-electron chi connectivity index (χ3n) is 3.31. The molecule has 2 heterocycles. The molecule has 1 unspecified atom stereocenters.